The molecule has 0 aliphatic heterocycles. The Morgan fingerprint density at radius 3 is 2.83 bits per heavy atom. The molecule has 0 unspecified atom stereocenters. The molecule has 1 N–H and O–H groups in total. The van der Waals surface area contributed by atoms with E-state index in [1.807, 2.05) is 30.3 Å². The molecule has 0 saturated carbocycles. The highest BCUT2D eigenvalue weighted by molar-refractivity contribution is 7.99. The van der Waals surface area contributed by atoms with E-state index >= 15 is 0 Å². The van der Waals surface area contributed by atoms with Gasteiger partial charge in [-0.05, 0) is 30.0 Å². The van der Waals surface area contributed by atoms with Gasteiger partial charge >= 0.3 is 0 Å². The fraction of sp³-hybridized carbons (Fsp3) is 0. The maximum Gasteiger partial charge on any atom is 0.157 e. The number of nitrogens with one attached hydrogen (secondary N) is 1. The Hall–Kier alpha value is -1.52. The molecular formula is C13H8ClFN2S. The predicted molar refractivity (Wildman–Crippen MR) is 71.6 cm³/mol. The first-order valence-electron chi connectivity index (χ1n) is 5.29. The Kier molecular flexibility index (Phi) is 2.97. The number of pyridine rings is 1. The first kappa shape index (κ1) is 11.6. The third-order valence-electron chi connectivity index (χ3n) is 2.49. The van der Waals surface area contributed by atoms with Gasteiger partial charge in [0.05, 0.1) is 10.0 Å². The van der Waals surface area contributed by atoms with Crippen molar-refractivity contribution >= 4 is 34.3 Å². The molecule has 0 bridgehead atoms. The van der Waals surface area contributed by atoms with Crippen LogP contribution in [0.15, 0.2) is 52.6 Å². The number of rotatable bonds is 2. The average molecular weight is 279 g/mol. The monoisotopic (exact) mass is 278 g/mol. The molecule has 0 saturated heterocycles. The van der Waals surface area contributed by atoms with Crippen molar-refractivity contribution in [1.82, 2.24) is 9.97 Å². The number of aromatic amines is 1. The van der Waals surface area contributed by atoms with E-state index in [1.165, 1.54) is 24.0 Å². The average Bonchev–Trinajstić information content (AvgIpc) is 2.75. The number of nitrogens with zero attached hydrogens (tertiary/aromatic N) is 1. The number of benzene rings is 1. The lowest BCUT2D eigenvalue weighted by molar-refractivity contribution is 0.588. The van der Waals surface area contributed by atoms with Gasteiger partial charge in [0.2, 0.25) is 0 Å². The Morgan fingerprint density at radius 2 is 2.06 bits per heavy atom. The summed E-state index contributed by atoms with van der Waals surface area (Å²) in [6.07, 6.45) is 1.44. The normalized spacial score (nSPS) is 11.0. The number of H-pyrrole nitrogens is 1. The second kappa shape index (κ2) is 4.63. The number of halogens is 2. The van der Waals surface area contributed by atoms with Crippen LogP contribution in [0.4, 0.5) is 4.39 Å². The van der Waals surface area contributed by atoms with E-state index in [-0.39, 0.29) is 0 Å². The Labute approximate surface area is 112 Å². The van der Waals surface area contributed by atoms with Crippen LogP contribution in [-0.2, 0) is 0 Å². The Balaban J connectivity index is 1.96. The van der Waals surface area contributed by atoms with Crippen molar-refractivity contribution in [2.24, 2.45) is 0 Å². The topological polar surface area (TPSA) is 28.7 Å². The minimum Gasteiger partial charge on any atom is -0.349 e. The predicted octanol–water partition coefficient (Wildman–Crippen LogP) is 4.51. The van der Waals surface area contributed by atoms with Gasteiger partial charge in [0, 0.05) is 17.1 Å². The highest BCUT2D eigenvalue weighted by Crippen LogP contribution is 2.30. The van der Waals surface area contributed by atoms with Crippen LogP contribution in [0.5, 0.6) is 0 Å². The van der Waals surface area contributed by atoms with Crippen LogP contribution < -0.4 is 0 Å². The molecule has 0 atom stereocenters. The van der Waals surface area contributed by atoms with Gasteiger partial charge in [0.15, 0.2) is 5.82 Å². The quantitative estimate of drug-likeness (QED) is 0.747. The Morgan fingerprint density at radius 1 is 1.22 bits per heavy atom. The zero-order valence-corrected chi connectivity index (χ0v) is 10.7. The molecule has 5 heteroatoms. The maximum atomic E-state index is 13.6. The van der Waals surface area contributed by atoms with E-state index in [1.54, 1.807) is 0 Å². The van der Waals surface area contributed by atoms with Gasteiger partial charge in [-0.3, -0.25) is 0 Å². The number of hydrogen-bond donors (Lipinski definition) is 1. The fourth-order valence-electron chi connectivity index (χ4n) is 1.68. The minimum absolute atomic E-state index is 0.300. The summed E-state index contributed by atoms with van der Waals surface area (Å²) in [5, 5.41) is 2.55. The van der Waals surface area contributed by atoms with Gasteiger partial charge in [-0.25, -0.2) is 9.37 Å². The third kappa shape index (κ3) is 2.21. The molecule has 0 radical (unpaired) electrons. The molecule has 0 fully saturated rings. The third-order valence-corrected chi connectivity index (χ3v) is 3.63. The molecule has 3 rings (SSSR count). The smallest absolute Gasteiger partial charge is 0.157 e. The minimum atomic E-state index is -0.411. The van der Waals surface area contributed by atoms with Gasteiger partial charge < -0.3 is 4.98 Å². The number of hydrogen-bond acceptors (Lipinski definition) is 2. The summed E-state index contributed by atoms with van der Waals surface area (Å²) in [6, 6.07) is 11.1. The number of aromatic nitrogens is 2. The van der Waals surface area contributed by atoms with E-state index in [0.717, 1.165) is 15.9 Å². The van der Waals surface area contributed by atoms with Gasteiger partial charge in [0.25, 0.3) is 0 Å². The summed E-state index contributed by atoms with van der Waals surface area (Å²) in [5.41, 5.74) is 1.02. The molecule has 3 aromatic rings. The second-order valence-electron chi connectivity index (χ2n) is 3.76. The molecule has 2 aromatic heterocycles. The first-order chi connectivity index (χ1) is 8.72. The van der Waals surface area contributed by atoms with E-state index in [0.29, 0.717) is 10.0 Å². The lowest BCUT2D eigenvalue weighted by Gasteiger charge is -1.99. The van der Waals surface area contributed by atoms with Crippen LogP contribution >= 0.6 is 23.4 Å². The lowest BCUT2D eigenvalue weighted by atomic mass is 10.3. The van der Waals surface area contributed by atoms with Crippen LogP contribution in [0.2, 0.25) is 5.02 Å². The molecule has 2 heterocycles. The lowest BCUT2D eigenvalue weighted by Crippen LogP contribution is -1.86. The summed E-state index contributed by atoms with van der Waals surface area (Å²) >= 11 is 6.91. The van der Waals surface area contributed by atoms with Crippen molar-refractivity contribution in [3.05, 3.63) is 53.4 Å². The van der Waals surface area contributed by atoms with E-state index in [4.69, 9.17) is 11.6 Å². The molecule has 1 aromatic carbocycles. The standard InChI is InChI=1S/C13H8ClFN2S/c14-9-6-10(15)13(16-7-9)18-12-5-8-3-1-2-4-11(8)17-12/h1-7,17H. The van der Waals surface area contributed by atoms with Crippen LogP contribution in [-0.4, -0.2) is 9.97 Å². The zero-order valence-electron chi connectivity index (χ0n) is 9.15. The second-order valence-corrected chi connectivity index (χ2v) is 5.23. The number of fused-ring (bicyclic) bond motifs is 1. The van der Waals surface area contributed by atoms with Gasteiger partial charge in [0.1, 0.15) is 5.03 Å². The maximum absolute atomic E-state index is 13.6. The van der Waals surface area contributed by atoms with Crippen molar-refractivity contribution in [3.8, 4) is 0 Å². The summed E-state index contributed by atoms with van der Waals surface area (Å²) < 4.78 is 13.6. The summed E-state index contributed by atoms with van der Waals surface area (Å²) in [7, 11) is 0. The summed E-state index contributed by atoms with van der Waals surface area (Å²) in [4.78, 5) is 7.19. The largest absolute Gasteiger partial charge is 0.349 e. The van der Waals surface area contributed by atoms with E-state index < -0.39 is 5.82 Å². The summed E-state index contributed by atoms with van der Waals surface area (Å²) in [6.45, 7) is 0. The van der Waals surface area contributed by atoms with Crippen LogP contribution in [0.3, 0.4) is 0 Å². The van der Waals surface area contributed by atoms with Gasteiger partial charge in [-0.1, -0.05) is 29.8 Å². The van der Waals surface area contributed by atoms with Gasteiger partial charge in [-0.15, -0.1) is 0 Å². The van der Waals surface area contributed by atoms with Crippen molar-refractivity contribution in [1.29, 1.82) is 0 Å². The highest BCUT2D eigenvalue weighted by Gasteiger charge is 2.08. The zero-order chi connectivity index (χ0) is 12.5. The van der Waals surface area contributed by atoms with Crippen molar-refractivity contribution in [2.45, 2.75) is 10.1 Å². The molecule has 2 nitrogen and oxygen atoms in total. The van der Waals surface area contributed by atoms with E-state index in [2.05, 4.69) is 9.97 Å². The molecule has 0 aliphatic carbocycles. The van der Waals surface area contributed by atoms with Gasteiger partial charge in [-0.2, -0.15) is 0 Å². The Bertz CT molecular complexity index is 678. The highest BCUT2D eigenvalue weighted by atomic mass is 35.5. The van der Waals surface area contributed by atoms with Crippen LogP contribution in [0, 0.1) is 5.82 Å². The van der Waals surface area contributed by atoms with Crippen LogP contribution in [0.1, 0.15) is 0 Å². The van der Waals surface area contributed by atoms with E-state index in [9.17, 15) is 4.39 Å². The van der Waals surface area contributed by atoms with Crippen LogP contribution in [0.25, 0.3) is 10.9 Å². The molecule has 18 heavy (non-hydrogen) atoms. The van der Waals surface area contributed by atoms with Crippen molar-refractivity contribution in [3.63, 3.8) is 0 Å². The molecule has 0 amide bonds. The molecule has 0 aliphatic rings. The molecule has 0 spiro atoms. The van der Waals surface area contributed by atoms with Crippen molar-refractivity contribution < 1.29 is 4.39 Å². The molecular weight excluding hydrogens is 271 g/mol. The van der Waals surface area contributed by atoms with Crippen molar-refractivity contribution in [2.75, 3.05) is 0 Å². The summed E-state index contributed by atoms with van der Waals surface area (Å²) in [5.74, 6) is -0.411. The SMILES string of the molecule is Fc1cc(Cl)cnc1Sc1cc2ccccc2[nH]1. The number of para-hydroxylation sites is 1. The first-order valence-corrected chi connectivity index (χ1v) is 6.48. The fourth-order valence-corrected chi connectivity index (χ4v) is 2.64. The molecule has 90 valence electrons.